The lowest BCUT2D eigenvalue weighted by Crippen LogP contribution is -2.45. The summed E-state index contributed by atoms with van der Waals surface area (Å²) in [5.41, 5.74) is 4.95. The minimum atomic E-state index is -1.61. The van der Waals surface area contributed by atoms with Crippen molar-refractivity contribution in [3.8, 4) is 0 Å². The van der Waals surface area contributed by atoms with E-state index in [9.17, 15) is 5.11 Å². The van der Waals surface area contributed by atoms with E-state index in [4.69, 9.17) is 15.9 Å². The van der Waals surface area contributed by atoms with Crippen LogP contribution in [0.5, 0.6) is 0 Å². The van der Waals surface area contributed by atoms with Gasteiger partial charge >= 0.3 is 5.97 Å². The minimum absolute atomic E-state index is 0.0428. The average molecular weight is 193 g/mol. The molecule has 0 aromatic rings. The molecular formula is C7H15NO5. The summed E-state index contributed by atoms with van der Waals surface area (Å²) in [4.78, 5) is 8.59. The fraction of sp³-hybridized carbons (Fsp3) is 1.00. The number of rotatable bonds is 6. The molecule has 0 atom stereocenters. The Kier molecular flexibility index (Phi) is 3.23. The molecule has 0 aliphatic carbocycles. The van der Waals surface area contributed by atoms with Gasteiger partial charge in [0, 0.05) is 18.8 Å². The van der Waals surface area contributed by atoms with Gasteiger partial charge in [0.1, 0.15) is 0 Å². The first kappa shape index (κ1) is 10.8. The minimum Gasteiger partial charge on any atom is -0.396 e. The van der Waals surface area contributed by atoms with Gasteiger partial charge in [0.15, 0.2) is 0 Å². The quantitative estimate of drug-likeness (QED) is 0.300. The van der Waals surface area contributed by atoms with Gasteiger partial charge in [-0.15, -0.1) is 0 Å². The molecule has 1 heterocycles. The van der Waals surface area contributed by atoms with Crippen molar-refractivity contribution in [2.24, 2.45) is 5.73 Å². The molecule has 5 N–H and O–H groups in total. The van der Waals surface area contributed by atoms with E-state index in [1.54, 1.807) is 0 Å². The molecule has 6 nitrogen and oxygen atoms in total. The first-order valence-corrected chi connectivity index (χ1v) is 4.13. The van der Waals surface area contributed by atoms with Crippen LogP contribution in [0.3, 0.4) is 0 Å². The second-order valence-electron chi connectivity index (χ2n) is 3.37. The van der Waals surface area contributed by atoms with Crippen LogP contribution in [0.2, 0.25) is 0 Å². The molecule has 1 rings (SSSR count). The molecule has 6 heteroatoms. The third kappa shape index (κ3) is 3.18. The van der Waals surface area contributed by atoms with Crippen LogP contribution in [-0.2, 0) is 9.78 Å². The fourth-order valence-corrected chi connectivity index (χ4v) is 1.30. The van der Waals surface area contributed by atoms with Gasteiger partial charge < -0.3 is 21.1 Å². The summed E-state index contributed by atoms with van der Waals surface area (Å²) in [5, 5.41) is 26.7. The van der Waals surface area contributed by atoms with Gasteiger partial charge in [-0.25, -0.2) is 0 Å². The van der Waals surface area contributed by atoms with Crippen molar-refractivity contribution in [2.45, 2.75) is 30.8 Å². The summed E-state index contributed by atoms with van der Waals surface area (Å²) in [5.74, 6) is -1.61. The van der Waals surface area contributed by atoms with Crippen LogP contribution in [0, 0.1) is 0 Å². The number of hydrogen-bond acceptors (Lipinski definition) is 6. The fourth-order valence-electron chi connectivity index (χ4n) is 1.30. The van der Waals surface area contributed by atoms with Gasteiger partial charge in [-0.1, -0.05) is 0 Å². The van der Waals surface area contributed by atoms with Crippen molar-refractivity contribution in [1.29, 1.82) is 0 Å². The third-order valence-corrected chi connectivity index (χ3v) is 2.07. The topological polar surface area (TPSA) is 112 Å². The lowest BCUT2D eigenvalue weighted by molar-refractivity contribution is -0.00827. The predicted octanol–water partition coefficient (Wildman–Crippen LogP) is -1.55. The summed E-state index contributed by atoms with van der Waals surface area (Å²) < 4.78 is 0. The molecule has 0 aromatic heterocycles. The maximum atomic E-state index is 9.23. The van der Waals surface area contributed by atoms with Crippen LogP contribution < -0.4 is 5.73 Å². The zero-order valence-corrected chi connectivity index (χ0v) is 7.27. The molecule has 0 unspecified atom stereocenters. The molecule has 0 aromatic carbocycles. The molecule has 78 valence electrons. The van der Waals surface area contributed by atoms with Crippen molar-refractivity contribution in [3.63, 3.8) is 0 Å². The van der Waals surface area contributed by atoms with E-state index in [1.807, 2.05) is 0 Å². The number of aliphatic hydroxyl groups excluding tert-OH is 2. The molecule has 0 radical (unpaired) electrons. The zero-order valence-electron chi connectivity index (χ0n) is 7.27. The summed E-state index contributed by atoms with van der Waals surface area (Å²) in [6, 6.07) is 0. The number of hydrogen-bond donors (Lipinski definition) is 4. The Morgan fingerprint density at radius 2 is 1.62 bits per heavy atom. The Hall–Kier alpha value is -0.240. The first-order valence-electron chi connectivity index (χ1n) is 4.13. The average Bonchev–Trinajstić information content (AvgIpc) is 2.67. The highest BCUT2D eigenvalue weighted by atomic mass is 17.4. The highest BCUT2D eigenvalue weighted by molar-refractivity contribution is 4.87. The second-order valence-corrected chi connectivity index (χ2v) is 3.37. The Morgan fingerprint density at radius 3 is 1.92 bits per heavy atom. The van der Waals surface area contributed by atoms with E-state index >= 15 is 0 Å². The molecule has 0 saturated carbocycles. The maximum Gasteiger partial charge on any atom is 0.339 e. The predicted molar refractivity (Wildman–Crippen MR) is 42.1 cm³/mol. The van der Waals surface area contributed by atoms with Crippen LogP contribution in [0.4, 0.5) is 0 Å². The van der Waals surface area contributed by atoms with Crippen molar-refractivity contribution >= 4 is 0 Å². The van der Waals surface area contributed by atoms with Gasteiger partial charge in [-0.05, 0) is 12.8 Å². The van der Waals surface area contributed by atoms with Crippen molar-refractivity contribution in [3.05, 3.63) is 0 Å². The SMILES string of the molecule is NC(CCO)(CCO)CC1(O)OO1. The zero-order chi connectivity index (χ0) is 9.95. The molecule has 0 amide bonds. The summed E-state index contributed by atoms with van der Waals surface area (Å²) in [7, 11) is 0. The third-order valence-electron chi connectivity index (χ3n) is 2.07. The summed E-state index contributed by atoms with van der Waals surface area (Å²) in [6.45, 7) is -0.209. The second kappa shape index (κ2) is 3.87. The monoisotopic (exact) mass is 193 g/mol. The smallest absolute Gasteiger partial charge is 0.339 e. The lowest BCUT2D eigenvalue weighted by atomic mass is 9.88. The Morgan fingerprint density at radius 1 is 1.15 bits per heavy atom. The van der Waals surface area contributed by atoms with E-state index in [-0.39, 0.29) is 32.5 Å². The number of nitrogens with two attached hydrogens (primary N) is 1. The van der Waals surface area contributed by atoms with Crippen LogP contribution in [0.1, 0.15) is 19.3 Å². The van der Waals surface area contributed by atoms with E-state index in [1.165, 1.54) is 0 Å². The molecule has 1 aliphatic rings. The summed E-state index contributed by atoms with van der Waals surface area (Å²) in [6.07, 6.45) is 0.603. The maximum absolute atomic E-state index is 9.23. The van der Waals surface area contributed by atoms with E-state index in [0.717, 1.165) is 0 Å². The highest BCUT2D eigenvalue weighted by Gasteiger charge is 2.52. The van der Waals surface area contributed by atoms with Gasteiger partial charge in [-0.2, -0.15) is 9.78 Å². The van der Waals surface area contributed by atoms with E-state index < -0.39 is 11.5 Å². The van der Waals surface area contributed by atoms with Crippen LogP contribution >= 0.6 is 0 Å². The molecular weight excluding hydrogens is 178 g/mol. The van der Waals surface area contributed by atoms with Crippen molar-refractivity contribution in [2.75, 3.05) is 13.2 Å². The Balaban J connectivity index is 2.44. The van der Waals surface area contributed by atoms with E-state index in [0.29, 0.717) is 0 Å². The molecule has 1 fully saturated rings. The van der Waals surface area contributed by atoms with Gasteiger partial charge in [0.05, 0.1) is 6.42 Å². The van der Waals surface area contributed by atoms with Crippen LogP contribution in [0.25, 0.3) is 0 Å². The Bertz CT molecular complexity index is 164. The Labute approximate surface area is 75.8 Å². The molecule has 0 bridgehead atoms. The lowest BCUT2D eigenvalue weighted by Gasteiger charge is -2.27. The van der Waals surface area contributed by atoms with Crippen molar-refractivity contribution < 1.29 is 25.1 Å². The van der Waals surface area contributed by atoms with Gasteiger partial charge in [-0.3, -0.25) is 0 Å². The first-order chi connectivity index (χ1) is 6.04. The number of aliphatic hydroxyl groups is 3. The van der Waals surface area contributed by atoms with Gasteiger partial charge in [0.25, 0.3) is 0 Å². The summed E-state index contributed by atoms with van der Waals surface area (Å²) >= 11 is 0. The molecule has 0 spiro atoms. The van der Waals surface area contributed by atoms with Crippen LogP contribution in [0.15, 0.2) is 0 Å². The normalized spacial score (nSPS) is 20.3. The van der Waals surface area contributed by atoms with E-state index in [2.05, 4.69) is 9.78 Å². The standard InChI is InChI=1S/C7H15NO5/c8-6(1-3-9,2-4-10)5-7(11)12-13-7/h9-11H,1-5,8H2. The van der Waals surface area contributed by atoms with Gasteiger partial charge in [0.2, 0.25) is 0 Å². The largest absolute Gasteiger partial charge is 0.396 e. The van der Waals surface area contributed by atoms with Crippen molar-refractivity contribution in [1.82, 2.24) is 0 Å². The molecule has 1 aliphatic heterocycles. The van der Waals surface area contributed by atoms with Crippen LogP contribution in [-0.4, -0.2) is 40.0 Å². The molecule has 13 heavy (non-hydrogen) atoms. The highest BCUT2D eigenvalue weighted by Crippen LogP contribution is 2.36. The molecule has 1 saturated heterocycles.